The Morgan fingerprint density at radius 2 is 0.794 bits per heavy atom. The average Bonchev–Trinajstić information content (AvgIpc) is 2.78. The lowest BCUT2D eigenvalue weighted by molar-refractivity contribution is 0.0334. The summed E-state index contributed by atoms with van der Waals surface area (Å²) in [6, 6.07) is 9.56. The van der Waals surface area contributed by atoms with E-state index < -0.39 is 0 Å². The molecule has 190 valence electrons. The molecule has 2 aromatic carbocycles. The largest absolute Gasteiger partial charge is 0.374 e. The second-order valence-electron chi connectivity index (χ2n) is 11.6. The molecule has 0 atom stereocenters. The van der Waals surface area contributed by atoms with Crippen molar-refractivity contribution >= 4 is 0 Å². The van der Waals surface area contributed by atoms with E-state index in [9.17, 15) is 0 Å². The quantitative estimate of drug-likeness (QED) is 0.310. The second kappa shape index (κ2) is 12.4. The minimum absolute atomic E-state index is 0.169. The number of hydrogen-bond donors (Lipinski definition) is 0. The molecule has 0 unspecified atom stereocenters. The Kier molecular flexibility index (Phi) is 10.4. The molecule has 0 saturated carbocycles. The normalized spacial score (nSPS) is 12.4. The van der Waals surface area contributed by atoms with E-state index in [1.807, 2.05) is 0 Å². The van der Waals surface area contributed by atoms with Crippen molar-refractivity contribution in [2.75, 3.05) is 13.2 Å². The monoisotopic (exact) mass is 466 g/mol. The van der Waals surface area contributed by atoms with E-state index in [0.717, 1.165) is 25.7 Å². The summed E-state index contributed by atoms with van der Waals surface area (Å²) in [5.74, 6) is 0. The van der Waals surface area contributed by atoms with Gasteiger partial charge in [0.2, 0.25) is 0 Å². The molecule has 0 N–H and O–H groups in total. The van der Waals surface area contributed by atoms with Crippen LogP contribution in [0.2, 0.25) is 0 Å². The van der Waals surface area contributed by atoms with E-state index in [1.165, 1.54) is 44.5 Å². The Morgan fingerprint density at radius 1 is 0.471 bits per heavy atom. The van der Waals surface area contributed by atoms with Gasteiger partial charge in [-0.15, -0.1) is 0 Å². The van der Waals surface area contributed by atoms with Gasteiger partial charge in [0, 0.05) is 0 Å². The first-order chi connectivity index (χ1) is 16.0. The molecule has 0 fully saturated rings. The Hall–Kier alpha value is -1.64. The summed E-state index contributed by atoms with van der Waals surface area (Å²) in [5, 5.41) is 0. The van der Waals surface area contributed by atoms with Crippen molar-refractivity contribution in [1.82, 2.24) is 0 Å². The summed E-state index contributed by atoms with van der Waals surface area (Å²) in [5.41, 5.74) is 11.6. The Labute approximate surface area is 210 Å². The van der Waals surface area contributed by atoms with Crippen LogP contribution in [0.5, 0.6) is 0 Å². The molecule has 34 heavy (non-hydrogen) atoms. The maximum Gasteiger partial charge on any atom is 0.0720 e. The molecule has 0 saturated heterocycles. The maximum absolute atomic E-state index is 6.07. The van der Waals surface area contributed by atoms with Gasteiger partial charge >= 0.3 is 0 Å². The molecule has 0 aliphatic rings. The van der Waals surface area contributed by atoms with E-state index >= 15 is 0 Å². The molecule has 0 bridgehead atoms. The average molecular weight is 467 g/mol. The number of aryl methyl sites for hydroxylation is 4. The number of ether oxygens (including phenoxy) is 2. The molecule has 0 heterocycles. The molecule has 0 aromatic heterocycles. The Morgan fingerprint density at radius 3 is 1.06 bits per heavy atom. The SMILES string of the molecule is CCc1cc(C(C)(C)C)c(CC)cc1COCCOCc1cc(CC)c(C(C)(C)C)cc1CC. The van der Waals surface area contributed by atoms with E-state index in [-0.39, 0.29) is 10.8 Å². The zero-order chi connectivity index (χ0) is 25.5. The van der Waals surface area contributed by atoms with E-state index in [4.69, 9.17) is 9.47 Å². The summed E-state index contributed by atoms with van der Waals surface area (Å²) < 4.78 is 12.1. The van der Waals surface area contributed by atoms with Gasteiger partial charge in [-0.3, -0.25) is 0 Å². The highest BCUT2D eigenvalue weighted by Gasteiger charge is 2.20. The highest BCUT2D eigenvalue weighted by molar-refractivity contribution is 5.43. The molecule has 0 aliphatic heterocycles. The first kappa shape index (κ1) is 28.6. The zero-order valence-electron chi connectivity index (χ0n) is 23.8. The molecule has 0 radical (unpaired) electrons. The van der Waals surface area contributed by atoms with Crippen molar-refractivity contribution in [2.45, 2.75) is 119 Å². The van der Waals surface area contributed by atoms with Crippen LogP contribution < -0.4 is 0 Å². The topological polar surface area (TPSA) is 18.5 Å². The van der Waals surface area contributed by atoms with Crippen LogP contribution in [0.25, 0.3) is 0 Å². The van der Waals surface area contributed by atoms with Crippen LogP contribution in [-0.2, 0) is 59.2 Å². The van der Waals surface area contributed by atoms with Gasteiger partial charge in [0.05, 0.1) is 26.4 Å². The summed E-state index contributed by atoms with van der Waals surface area (Å²) in [7, 11) is 0. The third-order valence-corrected chi connectivity index (χ3v) is 6.88. The Bertz CT molecular complexity index is 848. The van der Waals surface area contributed by atoms with E-state index in [2.05, 4.69) is 93.5 Å². The fraction of sp³-hybridized carbons (Fsp3) is 0.625. The number of rotatable bonds is 11. The fourth-order valence-electron chi connectivity index (χ4n) is 4.87. The van der Waals surface area contributed by atoms with Crippen molar-refractivity contribution in [2.24, 2.45) is 0 Å². The lowest BCUT2D eigenvalue weighted by Crippen LogP contribution is -2.16. The molecule has 2 heteroatoms. The second-order valence-corrected chi connectivity index (χ2v) is 11.6. The molecular weight excluding hydrogens is 416 g/mol. The predicted octanol–water partition coefficient (Wildman–Crippen LogP) is 8.26. The minimum atomic E-state index is 0.169. The standard InChI is InChI=1S/C32H50O2/c1-11-23-19-29(31(5,6)7)25(13-3)17-27(23)21-33-15-16-34-22-28-18-26(14-4)30(32(8,9)10)20-24(28)12-2/h17-20H,11-16,21-22H2,1-10H3. The van der Waals surface area contributed by atoms with Gasteiger partial charge in [-0.25, -0.2) is 0 Å². The molecule has 0 aliphatic carbocycles. The van der Waals surface area contributed by atoms with Crippen LogP contribution in [0.1, 0.15) is 114 Å². The highest BCUT2D eigenvalue weighted by atomic mass is 16.5. The van der Waals surface area contributed by atoms with Gasteiger partial charge in [-0.2, -0.15) is 0 Å². The third-order valence-electron chi connectivity index (χ3n) is 6.88. The summed E-state index contributed by atoms with van der Waals surface area (Å²) >= 11 is 0. The van der Waals surface area contributed by atoms with Crippen LogP contribution in [0.3, 0.4) is 0 Å². The van der Waals surface area contributed by atoms with Crippen molar-refractivity contribution in [3.63, 3.8) is 0 Å². The fourth-order valence-corrected chi connectivity index (χ4v) is 4.87. The van der Waals surface area contributed by atoms with Crippen molar-refractivity contribution < 1.29 is 9.47 Å². The first-order valence-electron chi connectivity index (χ1n) is 13.4. The van der Waals surface area contributed by atoms with Crippen molar-refractivity contribution in [3.8, 4) is 0 Å². The maximum atomic E-state index is 6.07. The predicted molar refractivity (Wildman–Crippen MR) is 147 cm³/mol. The van der Waals surface area contributed by atoms with Gasteiger partial charge in [0.25, 0.3) is 0 Å². The molecular formula is C32H50O2. The van der Waals surface area contributed by atoms with Gasteiger partial charge < -0.3 is 9.47 Å². The first-order valence-corrected chi connectivity index (χ1v) is 13.4. The summed E-state index contributed by atoms with van der Waals surface area (Å²) in [4.78, 5) is 0. The third kappa shape index (κ3) is 7.43. The van der Waals surface area contributed by atoms with E-state index in [1.54, 1.807) is 0 Å². The van der Waals surface area contributed by atoms with E-state index in [0.29, 0.717) is 26.4 Å². The molecule has 2 aromatic rings. The minimum Gasteiger partial charge on any atom is -0.374 e. The zero-order valence-corrected chi connectivity index (χ0v) is 23.8. The van der Waals surface area contributed by atoms with Gasteiger partial charge in [0.15, 0.2) is 0 Å². The van der Waals surface area contributed by atoms with Gasteiger partial charge in [-0.05, 0) is 81.0 Å². The molecule has 0 spiro atoms. The number of hydrogen-bond acceptors (Lipinski definition) is 2. The highest BCUT2D eigenvalue weighted by Crippen LogP contribution is 2.31. The van der Waals surface area contributed by atoms with Crippen molar-refractivity contribution in [1.29, 1.82) is 0 Å². The van der Waals surface area contributed by atoms with Gasteiger partial charge in [-0.1, -0.05) is 93.5 Å². The van der Waals surface area contributed by atoms with Crippen LogP contribution in [0, 0.1) is 0 Å². The lowest BCUT2D eigenvalue weighted by atomic mass is 9.80. The Balaban J connectivity index is 1.98. The summed E-state index contributed by atoms with van der Waals surface area (Å²) in [6.07, 6.45) is 4.18. The van der Waals surface area contributed by atoms with Gasteiger partial charge in [0.1, 0.15) is 0 Å². The lowest BCUT2D eigenvalue weighted by Gasteiger charge is -2.25. The molecule has 0 amide bonds. The van der Waals surface area contributed by atoms with Crippen LogP contribution >= 0.6 is 0 Å². The smallest absolute Gasteiger partial charge is 0.0720 e. The summed E-state index contributed by atoms with van der Waals surface area (Å²) in [6.45, 7) is 25.3. The van der Waals surface area contributed by atoms with Crippen LogP contribution in [-0.4, -0.2) is 13.2 Å². The van der Waals surface area contributed by atoms with Crippen LogP contribution in [0.15, 0.2) is 24.3 Å². The molecule has 2 rings (SSSR count). The van der Waals surface area contributed by atoms with Crippen molar-refractivity contribution in [3.05, 3.63) is 68.8 Å². The molecule has 2 nitrogen and oxygen atoms in total. The van der Waals surface area contributed by atoms with Crippen LogP contribution in [0.4, 0.5) is 0 Å². The number of benzene rings is 2.